The van der Waals surface area contributed by atoms with Crippen molar-refractivity contribution in [3.8, 4) is 11.3 Å². The number of halogens is 2. The van der Waals surface area contributed by atoms with Crippen molar-refractivity contribution in [1.29, 1.82) is 0 Å². The summed E-state index contributed by atoms with van der Waals surface area (Å²) >= 11 is 14.0. The van der Waals surface area contributed by atoms with Crippen molar-refractivity contribution in [2.75, 3.05) is 12.3 Å². The van der Waals surface area contributed by atoms with Crippen LogP contribution >= 0.6 is 35.0 Å². The molecule has 0 spiro atoms. The van der Waals surface area contributed by atoms with Gasteiger partial charge in [0.15, 0.2) is 0 Å². The zero-order chi connectivity index (χ0) is 23.5. The van der Waals surface area contributed by atoms with Crippen molar-refractivity contribution < 1.29 is 4.79 Å². The maximum atomic E-state index is 13.4. The third-order valence-electron chi connectivity index (χ3n) is 6.71. The van der Waals surface area contributed by atoms with E-state index in [4.69, 9.17) is 23.2 Å². The smallest absolute Gasteiger partial charge is 0.230 e. The van der Waals surface area contributed by atoms with Crippen molar-refractivity contribution in [3.05, 3.63) is 88.4 Å². The van der Waals surface area contributed by atoms with E-state index >= 15 is 0 Å². The molecule has 1 aromatic heterocycles. The third-order valence-corrected chi connectivity index (χ3v) is 8.34. The first-order chi connectivity index (χ1) is 16.6. The molecule has 1 aliphatic rings. The molecule has 0 atom stereocenters. The molecule has 34 heavy (non-hydrogen) atoms. The van der Waals surface area contributed by atoms with Crippen LogP contribution in [0.15, 0.2) is 77.7 Å². The van der Waals surface area contributed by atoms with Gasteiger partial charge in [0, 0.05) is 38.1 Å². The minimum atomic E-state index is -0.440. The number of carbonyl (C=O) groups excluding carboxylic acids is 1. The fourth-order valence-electron chi connectivity index (χ4n) is 4.97. The van der Waals surface area contributed by atoms with Gasteiger partial charge in [-0.1, -0.05) is 78.5 Å². The molecule has 3 nitrogen and oxygen atoms in total. The topological polar surface area (TPSA) is 44.9 Å². The molecule has 0 aliphatic heterocycles. The summed E-state index contributed by atoms with van der Waals surface area (Å²) in [6, 6.07) is 24.0. The number of benzene rings is 3. The molecule has 4 aromatic rings. The number of hydrogen-bond donors (Lipinski definition) is 2. The lowest BCUT2D eigenvalue weighted by Gasteiger charge is -2.28. The summed E-state index contributed by atoms with van der Waals surface area (Å²) in [5.74, 6) is 0.912. The Morgan fingerprint density at radius 3 is 2.26 bits per heavy atom. The van der Waals surface area contributed by atoms with Gasteiger partial charge < -0.3 is 10.3 Å². The van der Waals surface area contributed by atoms with Crippen LogP contribution in [-0.2, 0) is 10.2 Å². The standard InChI is InChI=1S/C28H26Cl2N2OS/c29-21-11-7-19(8-12-21)25-26(23-5-1-2-6-24(23)32-25)34-18-17-31-27(33)28(15-3-4-16-28)20-9-13-22(30)14-10-20/h1-2,5-14,32H,3-4,15-18H2,(H,31,33). The predicted octanol–water partition coefficient (Wildman–Crippen LogP) is 7.86. The lowest BCUT2D eigenvalue weighted by molar-refractivity contribution is -0.126. The van der Waals surface area contributed by atoms with Crippen LogP contribution in [-0.4, -0.2) is 23.2 Å². The zero-order valence-corrected chi connectivity index (χ0v) is 21.1. The summed E-state index contributed by atoms with van der Waals surface area (Å²) in [5, 5.41) is 5.85. The van der Waals surface area contributed by atoms with Crippen LogP contribution in [0.3, 0.4) is 0 Å². The summed E-state index contributed by atoms with van der Waals surface area (Å²) in [5.41, 5.74) is 3.92. The highest BCUT2D eigenvalue weighted by Crippen LogP contribution is 2.42. The van der Waals surface area contributed by atoms with Gasteiger partial charge in [-0.2, -0.15) is 0 Å². The molecular weight excluding hydrogens is 483 g/mol. The number of H-pyrrole nitrogens is 1. The maximum Gasteiger partial charge on any atom is 0.230 e. The maximum absolute atomic E-state index is 13.4. The number of rotatable bonds is 7. The highest BCUT2D eigenvalue weighted by atomic mass is 35.5. The van der Waals surface area contributed by atoms with E-state index in [0.29, 0.717) is 11.6 Å². The molecular formula is C28H26Cl2N2OS. The van der Waals surface area contributed by atoms with Crippen molar-refractivity contribution >= 4 is 51.8 Å². The van der Waals surface area contributed by atoms with E-state index in [1.165, 1.54) is 10.3 Å². The lowest BCUT2D eigenvalue weighted by Crippen LogP contribution is -2.43. The Balaban J connectivity index is 1.31. The third kappa shape index (κ3) is 4.59. The Morgan fingerprint density at radius 1 is 0.912 bits per heavy atom. The van der Waals surface area contributed by atoms with Gasteiger partial charge in [0.1, 0.15) is 0 Å². The summed E-state index contributed by atoms with van der Waals surface area (Å²) in [6.45, 7) is 0.610. The van der Waals surface area contributed by atoms with Crippen LogP contribution in [0.5, 0.6) is 0 Å². The van der Waals surface area contributed by atoms with E-state index in [1.807, 2.05) is 54.6 Å². The second-order valence-electron chi connectivity index (χ2n) is 8.78. The van der Waals surface area contributed by atoms with Gasteiger partial charge in [-0.25, -0.2) is 0 Å². The second-order valence-corrected chi connectivity index (χ2v) is 10.8. The molecule has 5 rings (SSSR count). The van der Waals surface area contributed by atoms with Crippen molar-refractivity contribution in [1.82, 2.24) is 10.3 Å². The number of para-hydroxylation sites is 1. The first kappa shape index (κ1) is 23.3. The lowest BCUT2D eigenvalue weighted by atomic mass is 9.78. The van der Waals surface area contributed by atoms with E-state index in [1.54, 1.807) is 11.8 Å². The Bertz CT molecular complexity index is 1290. The molecule has 0 saturated heterocycles. The molecule has 0 unspecified atom stereocenters. The predicted molar refractivity (Wildman–Crippen MR) is 144 cm³/mol. The van der Waals surface area contributed by atoms with Crippen LogP contribution in [0.1, 0.15) is 31.2 Å². The molecule has 174 valence electrons. The van der Waals surface area contributed by atoms with Crippen molar-refractivity contribution in [2.24, 2.45) is 0 Å². The molecule has 2 N–H and O–H groups in total. The Hall–Kier alpha value is -2.40. The van der Waals surface area contributed by atoms with Gasteiger partial charge in [0.05, 0.1) is 11.1 Å². The van der Waals surface area contributed by atoms with E-state index in [2.05, 4.69) is 28.5 Å². The highest BCUT2D eigenvalue weighted by Gasteiger charge is 2.42. The summed E-state index contributed by atoms with van der Waals surface area (Å²) in [6.07, 6.45) is 3.92. The number of aromatic amines is 1. The van der Waals surface area contributed by atoms with Gasteiger partial charge in [0.2, 0.25) is 5.91 Å². The van der Waals surface area contributed by atoms with Crippen LogP contribution < -0.4 is 5.32 Å². The van der Waals surface area contributed by atoms with Crippen LogP contribution in [0.25, 0.3) is 22.2 Å². The van der Waals surface area contributed by atoms with Gasteiger partial charge >= 0.3 is 0 Å². The number of aromatic nitrogens is 1. The average molecular weight is 510 g/mol. The number of nitrogens with one attached hydrogen (secondary N) is 2. The summed E-state index contributed by atoms with van der Waals surface area (Å²) < 4.78 is 0. The highest BCUT2D eigenvalue weighted by molar-refractivity contribution is 7.99. The number of hydrogen-bond acceptors (Lipinski definition) is 2. The minimum Gasteiger partial charge on any atom is -0.354 e. The second kappa shape index (κ2) is 10.1. The largest absolute Gasteiger partial charge is 0.354 e. The Labute approximate surface area is 214 Å². The quantitative estimate of drug-likeness (QED) is 0.197. The van der Waals surface area contributed by atoms with Gasteiger partial charge in [-0.05, 0) is 54.3 Å². The Kier molecular flexibility index (Phi) is 6.91. The van der Waals surface area contributed by atoms with Crippen molar-refractivity contribution in [2.45, 2.75) is 36.0 Å². The monoisotopic (exact) mass is 508 g/mol. The number of fused-ring (bicyclic) bond motifs is 1. The van der Waals surface area contributed by atoms with Gasteiger partial charge in [-0.15, -0.1) is 11.8 Å². The number of carbonyl (C=O) groups is 1. The van der Waals surface area contributed by atoms with Crippen LogP contribution in [0.2, 0.25) is 10.0 Å². The van der Waals surface area contributed by atoms with Crippen molar-refractivity contribution in [3.63, 3.8) is 0 Å². The normalized spacial score (nSPS) is 15.0. The summed E-state index contributed by atoms with van der Waals surface area (Å²) in [7, 11) is 0. The average Bonchev–Trinajstić information content (AvgIpc) is 3.49. The molecule has 3 aromatic carbocycles. The fourth-order valence-corrected chi connectivity index (χ4v) is 6.27. The van der Waals surface area contributed by atoms with Gasteiger partial charge in [0.25, 0.3) is 0 Å². The first-order valence-corrected chi connectivity index (χ1v) is 13.3. The van der Waals surface area contributed by atoms with Gasteiger partial charge in [-0.3, -0.25) is 4.79 Å². The van der Waals surface area contributed by atoms with Crippen LogP contribution in [0, 0.1) is 0 Å². The fraction of sp³-hybridized carbons (Fsp3) is 0.250. The molecule has 1 heterocycles. The first-order valence-electron chi connectivity index (χ1n) is 11.6. The van der Waals surface area contributed by atoms with E-state index < -0.39 is 5.41 Å². The van der Waals surface area contributed by atoms with E-state index in [-0.39, 0.29) is 5.91 Å². The molecule has 0 bridgehead atoms. The summed E-state index contributed by atoms with van der Waals surface area (Å²) in [4.78, 5) is 18.1. The SMILES string of the molecule is O=C(NCCSc1c(-c2ccc(Cl)cc2)[nH]c2ccccc12)C1(c2ccc(Cl)cc2)CCCC1. The molecule has 0 radical (unpaired) electrons. The minimum absolute atomic E-state index is 0.129. The molecule has 6 heteroatoms. The molecule has 1 amide bonds. The van der Waals surface area contributed by atoms with E-state index in [0.717, 1.165) is 58.8 Å². The number of amides is 1. The molecule has 1 saturated carbocycles. The zero-order valence-electron chi connectivity index (χ0n) is 18.7. The number of thioether (sulfide) groups is 1. The Morgan fingerprint density at radius 2 is 1.56 bits per heavy atom. The van der Waals surface area contributed by atoms with Crippen LogP contribution in [0.4, 0.5) is 0 Å². The van der Waals surface area contributed by atoms with E-state index in [9.17, 15) is 4.79 Å². The molecule has 1 fully saturated rings. The molecule has 1 aliphatic carbocycles.